The molecule has 1 aromatic heterocycles. The molecule has 2 aromatic rings. The molecule has 9 heteroatoms. The summed E-state index contributed by atoms with van der Waals surface area (Å²) in [6, 6.07) is 8.01. The number of aromatic nitrogens is 1. The van der Waals surface area contributed by atoms with E-state index in [1.165, 1.54) is 29.0 Å². The Morgan fingerprint density at radius 1 is 1.27 bits per heavy atom. The van der Waals surface area contributed by atoms with Crippen LogP contribution in [0.4, 0.5) is 8.78 Å². The Morgan fingerprint density at radius 2 is 1.92 bits per heavy atom. The van der Waals surface area contributed by atoms with Crippen LogP contribution in [-0.4, -0.2) is 30.3 Å². The van der Waals surface area contributed by atoms with Gasteiger partial charge in [0.2, 0.25) is 0 Å². The van der Waals surface area contributed by atoms with Crippen LogP contribution in [0.2, 0.25) is 0 Å². The smallest absolute Gasteiger partial charge is 0.278 e. The van der Waals surface area contributed by atoms with Crippen molar-refractivity contribution in [3.63, 3.8) is 0 Å². The average molecular weight is 377 g/mol. The maximum atomic E-state index is 13.9. The molecule has 0 saturated heterocycles. The number of sulfone groups is 1. The molecule has 1 N–H and O–H groups in total. The van der Waals surface area contributed by atoms with E-state index < -0.39 is 28.3 Å². The van der Waals surface area contributed by atoms with E-state index in [2.05, 4.69) is 0 Å². The fraction of sp³-hybridized carbons (Fsp3) is 0.294. The zero-order chi connectivity index (χ0) is 19.3. The summed E-state index contributed by atoms with van der Waals surface area (Å²) < 4.78 is 53.4. The van der Waals surface area contributed by atoms with E-state index in [4.69, 9.17) is 10.5 Å². The Labute approximate surface area is 148 Å². The molecule has 0 radical (unpaired) electrons. The first-order valence-electron chi connectivity index (χ1n) is 7.55. The maximum Gasteiger partial charge on any atom is 0.278 e. The van der Waals surface area contributed by atoms with Crippen LogP contribution < -0.4 is 0 Å². The van der Waals surface area contributed by atoms with Gasteiger partial charge in [-0.05, 0) is 24.6 Å². The van der Waals surface area contributed by atoms with Gasteiger partial charge in [-0.3, -0.25) is 0 Å². The molecular weight excluding hydrogens is 364 g/mol. The number of hydrogen-bond donors (Lipinski definition) is 1. The zero-order valence-corrected chi connectivity index (χ0v) is 14.4. The average Bonchev–Trinajstić information content (AvgIpc) is 2.98. The van der Waals surface area contributed by atoms with Gasteiger partial charge in [0.1, 0.15) is 18.2 Å². The zero-order valence-electron chi connectivity index (χ0n) is 13.6. The number of alkyl halides is 2. The van der Waals surface area contributed by atoms with Crippen molar-refractivity contribution >= 4 is 9.84 Å². The summed E-state index contributed by atoms with van der Waals surface area (Å²) in [5.74, 6) is -3.43. The van der Waals surface area contributed by atoms with Crippen LogP contribution in [0.15, 0.2) is 29.3 Å². The van der Waals surface area contributed by atoms with Crippen LogP contribution in [0.3, 0.4) is 0 Å². The third kappa shape index (κ3) is 2.75. The second kappa shape index (κ2) is 5.90. The molecule has 1 unspecified atom stereocenters. The summed E-state index contributed by atoms with van der Waals surface area (Å²) in [7, 11) is -3.87. The fourth-order valence-corrected chi connectivity index (χ4v) is 4.04. The van der Waals surface area contributed by atoms with Crippen LogP contribution in [-0.2, 0) is 16.3 Å². The summed E-state index contributed by atoms with van der Waals surface area (Å²) in [6.45, 7) is 0. The molecule has 1 aromatic carbocycles. The quantitative estimate of drug-likeness (QED) is 0.864. The van der Waals surface area contributed by atoms with Crippen molar-refractivity contribution in [1.82, 2.24) is 4.57 Å². The molecule has 1 atom stereocenters. The Hall–Kier alpha value is -2.75. The number of hydrogen-bond acceptors (Lipinski definition) is 5. The molecule has 0 amide bonds. The number of aliphatic hydroxyl groups excluding tert-OH is 1. The van der Waals surface area contributed by atoms with Crippen LogP contribution in [0, 0.1) is 22.7 Å². The molecule has 0 fully saturated rings. The van der Waals surface area contributed by atoms with Crippen molar-refractivity contribution in [2.24, 2.45) is 0 Å². The van der Waals surface area contributed by atoms with E-state index in [1.54, 1.807) is 0 Å². The summed E-state index contributed by atoms with van der Waals surface area (Å²) >= 11 is 0. The van der Waals surface area contributed by atoms with Crippen molar-refractivity contribution in [3.8, 4) is 17.8 Å². The second-order valence-electron chi connectivity index (χ2n) is 6.11. The van der Waals surface area contributed by atoms with E-state index in [0.717, 1.165) is 6.26 Å². The number of aliphatic hydroxyl groups is 1. The number of rotatable bonds is 2. The lowest BCUT2D eigenvalue weighted by atomic mass is 9.91. The Kier molecular flexibility index (Phi) is 4.10. The minimum atomic E-state index is -3.87. The number of nitrogens with zero attached hydrogens (tertiary/aromatic N) is 3. The van der Waals surface area contributed by atoms with Gasteiger partial charge in [0.25, 0.3) is 5.92 Å². The van der Waals surface area contributed by atoms with Gasteiger partial charge in [-0.15, -0.1) is 0 Å². The predicted octanol–water partition coefficient (Wildman–Crippen LogP) is 2.24. The number of benzene rings is 1. The Morgan fingerprint density at radius 3 is 2.50 bits per heavy atom. The van der Waals surface area contributed by atoms with Gasteiger partial charge in [-0.25, -0.2) is 17.2 Å². The topological polar surface area (TPSA) is 107 Å². The lowest BCUT2D eigenvalue weighted by Crippen LogP contribution is -2.32. The van der Waals surface area contributed by atoms with E-state index in [0.29, 0.717) is 5.69 Å². The predicted molar refractivity (Wildman–Crippen MR) is 86.5 cm³/mol. The number of fused-ring (bicyclic) bond motifs is 1. The molecule has 26 heavy (non-hydrogen) atoms. The van der Waals surface area contributed by atoms with Gasteiger partial charge in [0.15, 0.2) is 9.84 Å². The molecule has 1 aliphatic carbocycles. The van der Waals surface area contributed by atoms with E-state index in [1.807, 2.05) is 12.1 Å². The van der Waals surface area contributed by atoms with Gasteiger partial charge in [-0.1, -0.05) is 0 Å². The molecule has 0 aliphatic heterocycles. The Bertz CT molecular complexity index is 1090. The maximum absolute atomic E-state index is 13.9. The van der Waals surface area contributed by atoms with Gasteiger partial charge < -0.3 is 9.67 Å². The highest BCUT2D eigenvalue weighted by molar-refractivity contribution is 7.90. The van der Waals surface area contributed by atoms with Crippen molar-refractivity contribution in [3.05, 3.63) is 46.8 Å². The highest BCUT2D eigenvalue weighted by Crippen LogP contribution is 2.45. The molecule has 1 aliphatic rings. The normalized spacial score (nSPS) is 18.6. The van der Waals surface area contributed by atoms with Crippen LogP contribution in [0.5, 0.6) is 0 Å². The standard InChI is InChI=1S/C17H13F2N3O3S/c1-26(24,25)14-9-22(12-3-2-10(7-20)11(6-12)8-21)13-4-5-17(18,19)16(23)15(13)14/h2-3,6,9,16,23H,4-5H2,1H3. The van der Waals surface area contributed by atoms with Gasteiger partial charge in [0.05, 0.1) is 16.0 Å². The summed E-state index contributed by atoms with van der Waals surface area (Å²) in [5, 5.41) is 28.2. The van der Waals surface area contributed by atoms with Crippen LogP contribution in [0.25, 0.3) is 5.69 Å². The highest BCUT2D eigenvalue weighted by Gasteiger charge is 2.47. The van der Waals surface area contributed by atoms with Gasteiger partial charge >= 0.3 is 0 Å². The van der Waals surface area contributed by atoms with E-state index in [-0.39, 0.29) is 33.7 Å². The largest absolute Gasteiger partial charge is 0.382 e. The molecule has 0 saturated carbocycles. The third-order valence-electron chi connectivity index (χ3n) is 4.40. The lowest BCUT2D eigenvalue weighted by Gasteiger charge is -2.29. The van der Waals surface area contributed by atoms with Gasteiger partial charge in [-0.2, -0.15) is 10.5 Å². The first kappa shape index (κ1) is 18.1. The minimum Gasteiger partial charge on any atom is -0.382 e. The third-order valence-corrected chi connectivity index (χ3v) is 5.53. The van der Waals surface area contributed by atoms with Crippen molar-refractivity contribution < 1.29 is 22.3 Å². The Balaban J connectivity index is 2.30. The van der Waals surface area contributed by atoms with Crippen molar-refractivity contribution in [1.29, 1.82) is 10.5 Å². The highest BCUT2D eigenvalue weighted by atomic mass is 32.2. The number of halogens is 2. The fourth-order valence-electron chi connectivity index (χ4n) is 3.12. The molecule has 0 spiro atoms. The number of nitriles is 2. The summed E-state index contributed by atoms with van der Waals surface area (Å²) in [4.78, 5) is -0.373. The molecule has 0 bridgehead atoms. The van der Waals surface area contributed by atoms with Crippen LogP contribution >= 0.6 is 0 Å². The van der Waals surface area contributed by atoms with Crippen LogP contribution in [0.1, 0.15) is 34.9 Å². The first-order valence-corrected chi connectivity index (χ1v) is 9.44. The summed E-state index contributed by atoms with van der Waals surface area (Å²) in [5.41, 5.74) is 0.510. The molecule has 6 nitrogen and oxygen atoms in total. The van der Waals surface area contributed by atoms with E-state index >= 15 is 0 Å². The van der Waals surface area contributed by atoms with E-state index in [9.17, 15) is 22.3 Å². The molecular formula is C17H13F2N3O3S. The second-order valence-corrected chi connectivity index (χ2v) is 8.10. The lowest BCUT2D eigenvalue weighted by molar-refractivity contribution is -0.123. The minimum absolute atomic E-state index is 0.0787. The van der Waals surface area contributed by atoms with Crippen molar-refractivity contribution in [2.75, 3.05) is 6.26 Å². The first-order chi connectivity index (χ1) is 12.1. The molecule has 1 heterocycles. The molecule has 134 valence electrons. The SMILES string of the molecule is CS(=O)(=O)c1cn(-c2ccc(C#N)c(C#N)c2)c2c1C(O)C(F)(F)CC2. The van der Waals surface area contributed by atoms with Crippen molar-refractivity contribution in [2.45, 2.75) is 29.8 Å². The molecule has 3 rings (SSSR count). The summed E-state index contributed by atoms with van der Waals surface area (Å²) in [6.07, 6.45) is -0.947. The monoisotopic (exact) mass is 377 g/mol. The van der Waals surface area contributed by atoms with Gasteiger partial charge in [0, 0.05) is 35.8 Å².